The van der Waals surface area contributed by atoms with Crippen molar-refractivity contribution in [1.82, 2.24) is 92.8 Å². The van der Waals surface area contributed by atoms with Gasteiger partial charge in [-0.15, -0.1) is 0 Å². The molecular weight excluding hydrogens is 1790 g/mol. The number of pyridine rings is 6. The number of carbonyl (C=O) groups is 9. The molecule has 0 radical (unpaired) electrons. The number of piperidine rings is 5. The maximum Gasteiger partial charge on any atom is 0.255 e. The molecule has 5 fully saturated rings. The Morgan fingerprint density at radius 1 is 0.366 bits per heavy atom. The van der Waals surface area contributed by atoms with Crippen LogP contribution in [0.15, 0.2) is 243 Å². The molecule has 0 saturated carbocycles. The van der Waals surface area contributed by atoms with Crippen LogP contribution in [-0.2, 0) is 4.74 Å². The summed E-state index contributed by atoms with van der Waals surface area (Å²) >= 11 is 0. The molecule has 16 heterocycles. The Balaban J connectivity index is 0.000000128. The standard InChI is InChI=1S/C24H28N4O3.C23H26N4O2.C22H24N4O2.2C20H21N5O2/c1-17-7-11-27(12-8-17)24(30)20-15-19-9-13-28(22(19)26-16-20)21-5-3-18(4-6-21)23(29)25-10-14-31-2;1-16-8-11-26(12-9-16)23(29)19-14-18-10-13-27(21(18)24-15-19)20-6-4-17(5-7-20)22(28)25(2)3;1-15-7-10-25(11-8-15)22(28)18-13-17-9-12-26(20(17)24-14-18)19-5-3-16(4-6-19)21(27)23-2;1-13-2-5-24(6-3-13)20(27)16-8-14-4-7-25(19(14)23-11-16)17-9-15(18(21)26)10-22-12-17;21-18(23-27)14-5-4-6-17(12-14)25-10-7-15-11-16(13-22-19(15)25)20(26)24-8-2-1-3-9-24/h3-6,9,13,15-17H,7-8,10-12,14H2,1-2H3,(H,25,29);4-7,10,13-16H,8-9,11-12H2,1-3H3;3-6,9,12-15H,7-8,10-11H2,1-2H3,(H,23,27);4,7-13H,2-3,5-6H2,1H3,(H2,21,26);4-7,10-13,27H,1-3,8-9H2,(H2,21,23). The molecule has 142 heavy (non-hydrogen) atoms. The molecule has 5 aliphatic rings. The summed E-state index contributed by atoms with van der Waals surface area (Å²) in [6.45, 7) is 18.0. The number of hydrogen-bond acceptors (Lipinski definition) is 18. The van der Waals surface area contributed by atoms with Gasteiger partial charge in [0.15, 0.2) is 5.84 Å². The van der Waals surface area contributed by atoms with Gasteiger partial charge in [-0.05, 0) is 246 Å². The van der Waals surface area contributed by atoms with Crippen LogP contribution in [-0.4, -0.2) is 253 Å². The monoisotopic (exact) mass is 1910 g/mol. The van der Waals surface area contributed by atoms with Crippen molar-refractivity contribution in [3.63, 3.8) is 0 Å². The SMILES string of the molecule is CC1CCN(C(=O)c2cnc3c(ccn3-c3ccc(C(=O)N(C)C)cc3)c2)CC1.CC1CCN(C(=O)c2cnc3c(ccn3-c3cncc(C(N)=O)c3)c2)CC1.CNC(=O)c1ccc(-n2ccc3cc(C(=O)N4CCC(C)CC4)cnc32)cc1.COCCNC(=O)c1ccc(-n2ccc3cc(C(=O)N4CCC(C)CC4)cnc32)cc1.N/C(=N\O)c1cccc(-n2ccc3cc(C(=O)N4CCCCC4)cnc32)c1. The number of amides is 9. The van der Waals surface area contributed by atoms with Gasteiger partial charge in [0.25, 0.3) is 47.3 Å². The topological polar surface area (TPSA) is 393 Å². The van der Waals surface area contributed by atoms with E-state index in [0.29, 0.717) is 104 Å². The van der Waals surface area contributed by atoms with E-state index in [9.17, 15) is 43.2 Å². The van der Waals surface area contributed by atoms with Crippen molar-refractivity contribution in [3.05, 3.63) is 294 Å². The normalized spacial score (nSPS) is 15.0. The van der Waals surface area contributed by atoms with Crippen LogP contribution in [0, 0.1) is 23.7 Å². The average molecular weight is 1910 g/mol. The number of rotatable bonds is 18. The van der Waals surface area contributed by atoms with Crippen molar-refractivity contribution in [3.8, 4) is 28.4 Å². The quantitative estimate of drug-likeness (QED) is 0.0175. The number of benzene rings is 4. The maximum absolute atomic E-state index is 12.9. The number of fused-ring (bicyclic) bond motifs is 5. The van der Waals surface area contributed by atoms with E-state index in [1.165, 1.54) is 12.6 Å². The Morgan fingerprint density at radius 2 is 0.683 bits per heavy atom. The summed E-state index contributed by atoms with van der Waals surface area (Å²) in [4.78, 5) is 149. The van der Waals surface area contributed by atoms with Gasteiger partial charge in [0, 0.05) is 240 Å². The number of ether oxygens (including phenoxy) is 1. The van der Waals surface area contributed by atoms with Crippen LogP contribution in [0.4, 0.5) is 0 Å². The number of nitrogens with one attached hydrogen (secondary N) is 2. The number of nitrogens with two attached hydrogens (primary N) is 2. The zero-order valence-corrected chi connectivity index (χ0v) is 81.3. The number of likely N-dealkylation sites (tertiary alicyclic amines) is 5. The predicted octanol–water partition coefficient (Wildman–Crippen LogP) is 15.3. The second kappa shape index (κ2) is 45.3. The number of carbonyl (C=O) groups excluding carboxylic acids is 9. The first-order valence-corrected chi connectivity index (χ1v) is 48.4. The number of nitrogens with zero attached hydrogens (tertiary/aromatic N) is 18. The molecule has 5 aliphatic heterocycles. The van der Waals surface area contributed by atoms with Gasteiger partial charge >= 0.3 is 0 Å². The van der Waals surface area contributed by atoms with E-state index in [1.807, 2.05) is 206 Å². The molecule has 0 bridgehead atoms. The fourth-order valence-electron chi connectivity index (χ4n) is 18.3. The zero-order chi connectivity index (χ0) is 99.8. The molecule has 20 rings (SSSR count). The molecule has 5 saturated heterocycles. The first-order chi connectivity index (χ1) is 68.8. The fourth-order valence-corrected chi connectivity index (χ4v) is 18.3. The minimum atomic E-state index is -0.530. The predicted molar refractivity (Wildman–Crippen MR) is 547 cm³/mol. The van der Waals surface area contributed by atoms with Gasteiger partial charge in [0.1, 0.15) is 28.2 Å². The van der Waals surface area contributed by atoms with Gasteiger partial charge in [-0.3, -0.25) is 52.7 Å². The summed E-state index contributed by atoms with van der Waals surface area (Å²) in [5.41, 5.74) is 25.0. The third-order valence-corrected chi connectivity index (χ3v) is 27.0. The smallest absolute Gasteiger partial charge is 0.255 e. The first-order valence-electron chi connectivity index (χ1n) is 48.4. The van der Waals surface area contributed by atoms with Gasteiger partial charge in [0.2, 0.25) is 5.91 Å². The van der Waals surface area contributed by atoms with E-state index in [1.54, 1.807) is 107 Å². The highest BCUT2D eigenvalue weighted by Gasteiger charge is 2.29. The minimum absolute atomic E-state index is 0.0256. The summed E-state index contributed by atoms with van der Waals surface area (Å²) < 4.78 is 14.6. The second-order valence-corrected chi connectivity index (χ2v) is 37.4. The summed E-state index contributed by atoms with van der Waals surface area (Å²) in [7, 11) is 6.69. The van der Waals surface area contributed by atoms with Crippen LogP contribution >= 0.6 is 0 Å². The van der Waals surface area contributed by atoms with E-state index in [0.717, 1.165) is 202 Å². The van der Waals surface area contributed by atoms with Crippen LogP contribution in [0.5, 0.6) is 0 Å². The second-order valence-electron chi connectivity index (χ2n) is 37.4. The Bertz CT molecular complexity index is 7120. The van der Waals surface area contributed by atoms with E-state index in [2.05, 4.69) is 73.4 Å². The molecule has 0 aliphatic carbocycles. The molecule has 732 valence electrons. The Labute approximate surface area is 823 Å². The summed E-state index contributed by atoms with van der Waals surface area (Å²) in [5, 5.41) is 21.9. The number of hydrogen-bond donors (Lipinski definition) is 5. The van der Waals surface area contributed by atoms with Crippen molar-refractivity contribution in [2.75, 3.05) is 107 Å². The first kappa shape index (κ1) is 99.0. The van der Waals surface area contributed by atoms with Gasteiger partial charge in [0.05, 0.1) is 51.9 Å². The number of oxime groups is 1. The van der Waals surface area contributed by atoms with Gasteiger partial charge in [-0.2, -0.15) is 0 Å². The molecule has 9 amide bonds. The van der Waals surface area contributed by atoms with Crippen molar-refractivity contribution in [2.45, 2.75) is 98.3 Å². The highest BCUT2D eigenvalue weighted by atomic mass is 16.5. The summed E-state index contributed by atoms with van der Waals surface area (Å²) in [5.74, 6) is 2.23. The number of methoxy groups -OCH3 is 1. The van der Waals surface area contributed by atoms with Crippen LogP contribution in [0.2, 0.25) is 0 Å². The van der Waals surface area contributed by atoms with Crippen LogP contribution in [0.1, 0.15) is 197 Å². The number of amidine groups is 1. The average Bonchev–Trinajstić information content (AvgIpc) is 1.65. The Morgan fingerprint density at radius 3 is 1.01 bits per heavy atom. The van der Waals surface area contributed by atoms with Gasteiger partial charge < -0.3 is 79.7 Å². The summed E-state index contributed by atoms with van der Waals surface area (Å²) in [6.07, 6.45) is 32.6. The largest absolute Gasteiger partial charge is 0.409 e. The molecule has 11 aromatic heterocycles. The third-order valence-electron chi connectivity index (χ3n) is 27.0. The summed E-state index contributed by atoms with van der Waals surface area (Å²) in [6, 6.07) is 50.4. The van der Waals surface area contributed by atoms with E-state index < -0.39 is 5.91 Å². The highest BCUT2D eigenvalue weighted by Crippen LogP contribution is 2.32. The lowest BCUT2D eigenvalue weighted by atomic mass is 9.99. The third kappa shape index (κ3) is 23.1. The number of primary amides is 1. The minimum Gasteiger partial charge on any atom is -0.409 e. The molecule has 0 spiro atoms. The van der Waals surface area contributed by atoms with Crippen molar-refractivity contribution >= 4 is 114 Å². The lowest BCUT2D eigenvalue weighted by Gasteiger charge is -2.30. The fraction of sp³-hybridized carbons (Fsp3) is 0.321. The van der Waals surface area contributed by atoms with Crippen molar-refractivity contribution < 1.29 is 53.1 Å². The molecule has 4 aromatic carbocycles. The van der Waals surface area contributed by atoms with E-state index in [-0.39, 0.29) is 53.1 Å². The molecule has 33 heteroatoms. The Hall–Kier alpha value is -16.1. The molecule has 7 N–H and O–H groups in total. The van der Waals surface area contributed by atoms with Crippen molar-refractivity contribution in [1.29, 1.82) is 0 Å². The van der Waals surface area contributed by atoms with Crippen molar-refractivity contribution in [2.24, 2.45) is 40.3 Å². The van der Waals surface area contributed by atoms with Crippen LogP contribution < -0.4 is 22.1 Å². The molecule has 0 unspecified atom stereocenters. The van der Waals surface area contributed by atoms with E-state index in [4.69, 9.17) is 21.4 Å². The number of aromatic nitrogens is 11. The maximum atomic E-state index is 12.9. The Kier molecular flexibility index (Phi) is 31.5. The van der Waals surface area contributed by atoms with Gasteiger partial charge in [-0.25, -0.2) is 24.9 Å². The highest BCUT2D eigenvalue weighted by molar-refractivity contribution is 6.03. The lowest BCUT2D eigenvalue weighted by molar-refractivity contribution is 0.0689. The molecule has 33 nitrogen and oxygen atoms in total. The zero-order valence-electron chi connectivity index (χ0n) is 81.3. The van der Waals surface area contributed by atoms with Gasteiger partial charge in [-0.1, -0.05) is 45.0 Å². The van der Waals surface area contributed by atoms with Crippen LogP contribution in [0.25, 0.3) is 83.6 Å². The van der Waals surface area contributed by atoms with E-state index >= 15 is 0 Å². The molecular formula is C109H120N22O11. The van der Waals surface area contributed by atoms with Crippen LogP contribution in [0.3, 0.4) is 0 Å². The molecule has 15 aromatic rings. The lowest BCUT2D eigenvalue weighted by Crippen LogP contribution is -2.37. The molecule has 0 atom stereocenters.